The topological polar surface area (TPSA) is 63.4 Å². The van der Waals surface area contributed by atoms with Crippen LogP contribution in [-0.2, 0) is 16.6 Å². The van der Waals surface area contributed by atoms with Gasteiger partial charge in [-0.15, -0.1) is 0 Å². The van der Waals surface area contributed by atoms with E-state index in [0.717, 1.165) is 10.0 Å². The summed E-state index contributed by atoms with van der Waals surface area (Å²) in [6, 6.07) is 11.8. The molecule has 0 aromatic heterocycles. The SMILES string of the molecule is CN(Cc1cccc(Br)c1)S(=O)(=O)c1ccc(Cl)cc1N. The predicted molar refractivity (Wildman–Crippen MR) is 88.7 cm³/mol. The molecule has 112 valence electrons. The second-order valence-electron chi connectivity index (χ2n) is 4.57. The van der Waals surface area contributed by atoms with Crippen LogP contribution in [0.15, 0.2) is 51.8 Å². The fraction of sp³-hybridized carbons (Fsp3) is 0.143. The number of sulfonamides is 1. The van der Waals surface area contributed by atoms with Crippen LogP contribution in [0.3, 0.4) is 0 Å². The Morgan fingerprint density at radius 1 is 1.24 bits per heavy atom. The molecule has 2 N–H and O–H groups in total. The zero-order valence-corrected chi connectivity index (χ0v) is 14.4. The van der Waals surface area contributed by atoms with E-state index in [1.807, 2.05) is 24.3 Å². The van der Waals surface area contributed by atoms with Crippen molar-refractivity contribution < 1.29 is 8.42 Å². The van der Waals surface area contributed by atoms with Gasteiger partial charge in [0.15, 0.2) is 0 Å². The maximum absolute atomic E-state index is 12.5. The molecule has 7 heteroatoms. The summed E-state index contributed by atoms with van der Waals surface area (Å²) in [6.07, 6.45) is 0. The number of nitrogens with zero attached hydrogens (tertiary/aromatic N) is 1. The van der Waals surface area contributed by atoms with Gasteiger partial charge in [-0.2, -0.15) is 4.31 Å². The maximum atomic E-state index is 12.5. The molecule has 0 bridgehead atoms. The summed E-state index contributed by atoms with van der Waals surface area (Å²) in [6.45, 7) is 0.254. The lowest BCUT2D eigenvalue weighted by Gasteiger charge is -2.18. The Kier molecular flexibility index (Phi) is 4.93. The fourth-order valence-corrected chi connectivity index (χ4v) is 3.78. The van der Waals surface area contributed by atoms with Crippen LogP contribution >= 0.6 is 27.5 Å². The minimum atomic E-state index is -3.66. The summed E-state index contributed by atoms with van der Waals surface area (Å²) in [5, 5.41) is 0.404. The van der Waals surface area contributed by atoms with Crippen LogP contribution in [0, 0.1) is 0 Å². The molecule has 0 spiro atoms. The Balaban J connectivity index is 2.30. The molecule has 2 rings (SSSR count). The second-order valence-corrected chi connectivity index (χ2v) is 7.94. The molecule has 0 saturated carbocycles. The van der Waals surface area contributed by atoms with Crippen molar-refractivity contribution in [1.29, 1.82) is 0 Å². The van der Waals surface area contributed by atoms with Gasteiger partial charge in [-0.3, -0.25) is 0 Å². The Morgan fingerprint density at radius 3 is 2.57 bits per heavy atom. The summed E-state index contributed by atoms with van der Waals surface area (Å²) < 4.78 is 27.2. The summed E-state index contributed by atoms with van der Waals surface area (Å²) in [5.74, 6) is 0. The van der Waals surface area contributed by atoms with Gasteiger partial charge in [0.1, 0.15) is 4.90 Å². The fourth-order valence-electron chi connectivity index (χ4n) is 1.90. The Labute approximate surface area is 137 Å². The van der Waals surface area contributed by atoms with E-state index in [1.165, 1.54) is 29.6 Å². The standard InChI is InChI=1S/C14H14BrClN2O2S/c1-18(9-10-3-2-4-11(15)7-10)21(19,20)14-6-5-12(16)8-13(14)17/h2-8H,9,17H2,1H3. The van der Waals surface area contributed by atoms with Gasteiger partial charge in [0.05, 0.1) is 5.69 Å². The van der Waals surface area contributed by atoms with Gasteiger partial charge in [0.25, 0.3) is 0 Å². The number of nitrogen functional groups attached to an aromatic ring is 1. The van der Waals surface area contributed by atoms with Gasteiger partial charge >= 0.3 is 0 Å². The Bertz CT molecular complexity index is 765. The quantitative estimate of drug-likeness (QED) is 0.814. The van der Waals surface area contributed by atoms with Gasteiger partial charge in [0, 0.05) is 23.1 Å². The number of halogens is 2. The van der Waals surface area contributed by atoms with Gasteiger partial charge in [-0.25, -0.2) is 8.42 Å². The van der Waals surface area contributed by atoms with Crippen LogP contribution < -0.4 is 5.73 Å². The smallest absolute Gasteiger partial charge is 0.245 e. The third-order valence-electron chi connectivity index (χ3n) is 2.95. The molecule has 2 aromatic carbocycles. The van der Waals surface area contributed by atoms with E-state index < -0.39 is 10.0 Å². The average molecular weight is 390 g/mol. The van der Waals surface area contributed by atoms with Crippen LogP contribution in [0.25, 0.3) is 0 Å². The number of rotatable bonds is 4. The van der Waals surface area contributed by atoms with Crippen LogP contribution in [0.5, 0.6) is 0 Å². The minimum absolute atomic E-state index is 0.0596. The molecule has 0 unspecified atom stereocenters. The molecule has 0 aliphatic carbocycles. The molecule has 0 aliphatic rings. The van der Waals surface area contributed by atoms with Crippen LogP contribution in [0.4, 0.5) is 5.69 Å². The van der Waals surface area contributed by atoms with Crippen molar-refractivity contribution in [3.63, 3.8) is 0 Å². The minimum Gasteiger partial charge on any atom is -0.398 e. The molecule has 0 fully saturated rings. The highest BCUT2D eigenvalue weighted by molar-refractivity contribution is 9.10. The number of nitrogens with two attached hydrogens (primary N) is 1. The summed E-state index contributed by atoms with van der Waals surface area (Å²) >= 11 is 9.16. The van der Waals surface area contributed by atoms with Crippen molar-refractivity contribution in [2.24, 2.45) is 0 Å². The number of hydrogen-bond acceptors (Lipinski definition) is 3. The number of benzene rings is 2. The van der Waals surface area contributed by atoms with Crippen molar-refractivity contribution in [2.45, 2.75) is 11.4 Å². The van der Waals surface area contributed by atoms with E-state index >= 15 is 0 Å². The summed E-state index contributed by atoms with van der Waals surface area (Å²) in [4.78, 5) is 0.0596. The zero-order chi connectivity index (χ0) is 15.6. The maximum Gasteiger partial charge on any atom is 0.245 e. The number of anilines is 1. The molecule has 0 amide bonds. The molecule has 0 radical (unpaired) electrons. The molecule has 4 nitrogen and oxygen atoms in total. The third-order valence-corrected chi connectivity index (χ3v) is 5.56. The third kappa shape index (κ3) is 3.77. The van der Waals surface area contributed by atoms with Gasteiger partial charge in [-0.05, 0) is 35.9 Å². The lowest BCUT2D eigenvalue weighted by Crippen LogP contribution is -2.27. The highest BCUT2D eigenvalue weighted by Crippen LogP contribution is 2.26. The summed E-state index contributed by atoms with van der Waals surface area (Å²) in [7, 11) is -2.14. The molecule has 0 atom stereocenters. The highest BCUT2D eigenvalue weighted by Gasteiger charge is 2.23. The van der Waals surface area contributed by atoms with Crippen molar-refractivity contribution >= 4 is 43.2 Å². The van der Waals surface area contributed by atoms with Crippen LogP contribution in [-0.4, -0.2) is 19.8 Å². The zero-order valence-electron chi connectivity index (χ0n) is 11.3. The van der Waals surface area contributed by atoms with Gasteiger partial charge < -0.3 is 5.73 Å². The van der Waals surface area contributed by atoms with Crippen LogP contribution in [0.2, 0.25) is 5.02 Å². The van der Waals surface area contributed by atoms with E-state index in [2.05, 4.69) is 15.9 Å². The normalized spacial score (nSPS) is 11.8. The van der Waals surface area contributed by atoms with Crippen molar-refractivity contribution in [2.75, 3.05) is 12.8 Å². The lowest BCUT2D eigenvalue weighted by atomic mass is 10.2. The van der Waals surface area contributed by atoms with Crippen molar-refractivity contribution in [1.82, 2.24) is 4.31 Å². The van der Waals surface area contributed by atoms with Crippen molar-refractivity contribution in [3.8, 4) is 0 Å². The second kappa shape index (κ2) is 6.36. The Hall–Kier alpha value is -1.08. The van der Waals surface area contributed by atoms with Gasteiger partial charge in [0.2, 0.25) is 10.0 Å². The molecular formula is C14H14BrClN2O2S. The highest BCUT2D eigenvalue weighted by atomic mass is 79.9. The van der Waals surface area contributed by atoms with E-state index in [0.29, 0.717) is 5.02 Å². The van der Waals surface area contributed by atoms with E-state index in [9.17, 15) is 8.42 Å². The van der Waals surface area contributed by atoms with E-state index in [-0.39, 0.29) is 17.1 Å². The molecule has 0 aliphatic heterocycles. The predicted octanol–water partition coefficient (Wildman–Crippen LogP) is 3.51. The lowest BCUT2D eigenvalue weighted by molar-refractivity contribution is 0.467. The van der Waals surface area contributed by atoms with Crippen LogP contribution in [0.1, 0.15) is 5.56 Å². The molecular weight excluding hydrogens is 376 g/mol. The number of hydrogen-bond donors (Lipinski definition) is 1. The molecule has 21 heavy (non-hydrogen) atoms. The van der Waals surface area contributed by atoms with Gasteiger partial charge in [-0.1, -0.05) is 39.7 Å². The first-order chi connectivity index (χ1) is 9.80. The summed E-state index contributed by atoms with van der Waals surface area (Å²) in [5.41, 5.74) is 6.79. The first kappa shape index (κ1) is 16.3. The Morgan fingerprint density at radius 2 is 1.95 bits per heavy atom. The largest absolute Gasteiger partial charge is 0.398 e. The van der Waals surface area contributed by atoms with Crippen molar-refractivity contribution in [3.05, 3.63) is 57.5 Å². The first-order valence-corrected chi connectivity index (χ1v) is 8.67. The monoisotopic (exact) mass is 388 g/mol. The van der Waals surface area contributed by atoms with E-state index in [4.69, 9.17) is 17.3 Å². The molecule has 0 saturated heterocycles. The molecule has 2 aromatic rings. The first-order valence-electron chi connectivity index (χ1n) is 6.06. The average Bonchev–Trinajstić information content (AvgIpc) is 2.38. The molecule has 0 heterocycles. The van der Waals surface area contributed by atoms with E-state index in [1.54, 1.807) is 0 Å².